The Morgan fingerprint density at radius 1 is 1.46 bits per heavy atom. The lowest BCUT2D eigenvalue weighted by Gasteiger charge is -1.94. The number of rotatable bonds is 1. The minimum absolute atomic E-state index is 0.107. The molecule has 0 atom stereocenters. The average Bonchev–Trinajstić information content (AvgIpc) is 2.87. The number of halogens is 1. The summed E-state index contributed by atoms with van der Waals surface area (Å²) in [6.07, 6.45) is 2.73. The second-order valence-electron chi connectivity index (χ2n) is 2.97. The molecule has 3 heteroatoms. The van der Waals surface area contributed by atoms with Gasteiger partial charge in [0.15, 0.2) is 0 Å². The minimum atomic E-state index is -0.107. The maximum atomic E-state index is 12.6. The van der Waals surface area contributed by atoms with E-state index in [-0.39, 0.29) is 12.2 Å². The fraction of sp³-hybridized carbons (Fsp3) is 0.300. The van der Waals surface area contributed by atoms with Gasteiger partial charge in [0.1, 0.15) is 5.82 Å². The minimum Gasteiger partial charge on any atom is -0.372 e. The second-order valence-corrected chi connectivity index (χ2v) is 2.97. The molecule has 1 fully saturated rings. The molecule has 0 heterocycles. The first kappa shape index (κ1) is 9.71. The molecule has 2 rings (SSSR count). The molecule has 1 aromatic carbocycles. The van der Waals surface area contributed by atoms with E-state index in [4.69, 9.17) is 4.79 Å². The summed E-state index contributed by atoms with van der Waals surface area (Å²) in [5.74, 6) is 0.556. The van der Waals surface area contributed by atoms with Crippen LogP contribution in [0.15, 0.2) is 24.3 Å². The number of primary amides is 1. The van der Waals surface area contributed by atoms with Crippen molar-refractivity contribution in [3.8, 4) is 0 Å². The number of carbonyl (C=O) groups is 1. The number of nitrogens with two attached hydrogens (primary N) is 1. The molecule has 0 radical (unpaired) electrons. The van der Waals surface area contributed by atoms with E-state index in [1.54, 1.807) is 12.1 Å². The first-order valence-corrected chi connectivity index (χ1v) is 4.18. The lowest BCUT2D eigenvalue weighted by atomic mass is 10.1. The highest BCUT2D eigenvalue weighted by atomic mass is 19.1. The van der Waals surface area contributed by atoms with Crippen LogP contribution in [0.3, 0.4) is 0 Å². The van der Waals surface area contributed by atoms with Crippen molar-refractivity contribution < 1.29 is 9.18 Å². The largest absolute Gasteiger partial charge is 0.372 e. The van der Waals surface area contributed by atoms with Crippen molar-refractivity contribution in [1.29, 1.82) is 0 Å². The molecule has 0 spiro atoms. The van der Waals surface area contributed by atoms with Crippen LogP contribution in [0.5, 0.6) is 0 Å². The Bertz CT molecular complexity index is 284. The summed E-state index contributed by atoms with van der Waals surface area (Å²) < 4.78 is 12.6. The second kappa shape index (κ2) is 4.60. The van der Waals surface area contributed by atoms with E-state index in [9.17, 15) is 4.39 Å². The van der Waals surface area contributed by atoms with Gasteiger partial charge < -0.3 is 5.73 Å². The third kappa shape index (κ3) is 3.23. The Balaban J connectivity index is 0.000000251. The van der Waals surface area contributed by atoms with E-state index < -0.39 is 0 Å². The van der Waals surface area contributed by atoms with Crippen molar-refractivity contribution in [3.05, 3.63) is 35.6 Å². The van der Waals surface area contributed by atoms with Crippen LogP contribution in [0.2, 0.25) is 0 Å². The van der Waals surface area contributed by atoms with Crippen molar-refractivity contribution in [2.24, 2.45) is 5.73 Å². The lowest BCUT2D eigenvalue weighted by molar-refractivity contribution is -0.106. The molecule has 1 aromatic rings. The monoisotopic (exact) mass is 181 g/mol. The summed E-state index contributed by atoms with van der Waals surface area (Å²) in [6.45, 7) is 0. The predicted molar refractivity (Wildman–Crippen MR) is 48.6 cm³/mol. The molecule has 2 N–H and O–H groups in total. The molecular weight excluding hydrogens is 169 g/mol. The topological polar surface area (TPSA) is 43.1 Å². The van der Waals surface area contributed by atoms with Gasteiger partial charge >= 0.3 is 0 Å². The van der Waals surface area contributed by atoms with Crippen molar-refractivity contribution in [1.82, 2.24) is 0 Å². The predicted octanol–water partition coefficient (Wildman–Crippen LogP) is 1.80. The average molecular weight is 181 g/mol. The zero-order valence-corrected chi connectivity index (χ0v) is 7.24. The van der Waals surface area contributed by atoms with Crippen molar-refractivity contribution in [3.63, 3.8) is 0 Å². The van der Waals surface area contributed by atoms with Gasteiger partial charge in [0.2, 0.25) is 6.41 Å². The van der Waals surface area contributed by atoms with Crippen molar-refractivity contribution >= 4 is 6.41 Å². The van der Waals surface area contributed by atoms with Crippen LogP contribution in [0, 0.1) is 5.82 Å². The quantitative estimate of drug-likeness (QED) is 0.659. The maximum Gasteiger partial charge on any atom is 0.204 e. The van der Waals surface area contributed by atoms with Gasteiger partial charge in [0, 0.05) is 0 Å². The molecule has 1 aliphatic rings. The van der Waals surface area contributed by atoms with Gasteiger partial charge in [-0.05, 0) is 36.5 Å². The van der Waals surface area contributed by atoms with Gasteiger partial charge in [0.25, 0.3) is 0 Å². The zero-order chi connectivity index (χ0) is 9.68. The molecule has 70 valence electrons. The Morgan fingerprint density at radius 2 is 2.08 bits per heavy atom. The van der Waals surface area contributed by atoms with Crippen LogP contribution < -0.4 is 5.73 Å². The van der Waals surface area contributed by atoms with Crippen molar-refractivity contribution in [2.45, 2.75) is 18.8 Å². The highest BCUT2D eigenvalue weighted by Crippen LogP contribution is 2.39. The lowest BCUT2D eigenvalue weighted by Crippen LogP contribution is -1.82. The summed E-state index contributed by atoms with van der Waals surface area (Å²) in [4.78, 5) is 8.58. The van der Waals surface area contributed by atoms with Gasteiger partial charge in [-0.25, -0.2) is 4.39 Å². The van der Waals surface area contributed by atoms with E-state index in [0.717, 1.165) is 0 Å². The van der Waals surface area contributed by atoms with Crippen molar-refractivity contribution in [2.75, 3.05) is 0 Å². The van der Waals surface area contributed by atoms with Crippen LogP contribution in [-0.4, -0.2) is 6.41 Å². The molecule has 1 saturated carbocycles. The summed E-state index contributed by atoms with van der Waals surface area (Å²) in [5, 5.41) is 0. The molecule has 1 amide bonds. The van der Waals surface area contributed by atoms with E-state index in [2.05, 4.69) is 5.73 Å². The van der Waals surface area contributed by atoms with E-state index in [1.807, 2.05) is 6.07 Å². The van der Waals surface area contributed by atoms with E-state index >= 15 is 0 Å². The summed E-state index contributed by atoms with van der Waals surface area (Å²) >= 11 is 0. The number of amides is 1. The number of benzene rings is 1. The fourth-order valence-electron chi connectivity index (χ4n) is 1.18. The Hall–Kier alpha value is -1.38. The molecule has 2 nitrogen and oxygen atoms in total. The van der Waals surface area contributed by atoms with Crippen LogP contribution in [0.25, 0.3) is 0 Å². The number of carbonyl (C=O) groups excluding carboxylic acids is 1. The normalized spacial score (nSPS) is 14.2. The molecule has 0 saturated heterocycles. The van der Waals surface area contributed by atoms with Crippen LogP contribution >= 0.6 is 0 Å². The first-order chi connectivity index (χ1) is 6.27. The van der Waals surface area contributed by atoms with Gasteiger partial charge in [-0.2, -0.15) is 0 Å². The smallest absolute Gasteiger partial charge is 0.204 e. The van der Waals surface area contributed by atoms with Gasteiger partial charge in [0.05, 0.1) is 0 Å². The summed E-state index contributed by atoms with van der Waals surface area (Å²) in [5.41, 5.74) is 5.33. The molecule has 1 aliphatic carbocycles. The Labute approximate surface area is 76.6 Å². The standard InChI is InChI=1S/C9H9F.CH3NO/c10-9-3-1-2-8(6-9)7-4-5-7;2-1-3/h1-3,6-7H,4-5H2;1H,(H2,2,3). The van der Waals surface area contributed by atoms with Gasteiger partial charge in [-0.3, -0.25) is 4.79 Å². The number of hydrogen-bond acceptors (Lipinski definition) is 1. The van der Waals surface area contributed by atoms with E-state index in [0.29, 0.717) is 5.92 Å². The highest BCUT2D eigenvalue weighted by Gasteiger charge is 2.23. The first-order valence-electron chi connectivity index (χ1n) is 4.18. The number of hydrogen-bond donors (Lipinski definition) is 1. The maximum absolute atomic E-state index is 12.6. The fourth-order valence-corrected chi connectivity index (χ4v) is 1.18. The van der Waals surface area contributed by atoms with Crippen LogP contribution in [0.1, 0.15) is 24.3 Å². The zero-order valence-electron chi connectivity index (χ0n) is 7.24. The molecule has 0 unspecified atom stereocenters. The Morgan fingerprint density at radius 3 is 2.54 bits per heavy atom. The molecule has 0 aliphatic heterocycles. The van der Waals surface area contributed by atoms with Crippen LogP contribution in [0.4, 0.5) is 4.39 Å². The highest BCUT2D eigenvalue weighted by molar-refractivity contribution is 5.42. The molecule has 13 heavy (non-hydrogen) atoms. The summed E-state index contributed by atoms with van der Waals surface area (Å²) in [7, 11) is 0. The molecular formula is C10H12FNO. The third-order valence-electron chi connectivity index (χ3n) is 1.90. The molecule has 0 bridgehead atoms. The van der Waals surface area contributed by atoms with Crippen LogP contribution in [-0.2, 0) is 4.79 Å². The summed E-state index contributed by atoms with van der Waals surface area (Å²) in [6, 6.07) is 6.91. The van der Waals surface area contributed by atoms with Gasteiger partial charge in [-0.15, -0.1) is 0 Å². The van der Waals surface area contributed by atoms with Gasteiger partial charge in [-0.1, -0.05) is 12.1 Å². The van der Waals surface area contributed by atoms with E-state index in [1.165, 1.54) is 24.5 Å². The third-order valence-corrected chi connectivity index (χ3v) is 1.90. The SMILES string of the molecule is Fc1cccc(C2CC2)c1.NC=O. The molecule has 0 aromatic heterocycles. The Kier molecular flexibility index (Phi) is 3.43.